The molecule has 1 aromatic rings. The zero-order chi connectivity index (χ0) is 15.4. The Balaban J connectivity index is 2.30. The number of thioether (sulfide) groups is 1. The maximum absolute atomic E-state index is 5.82. The quantitative estimate of drug-likeness (QED) is 0.807. The molecule has 0 aliphatic carbocycles. The first-order valence-electron chi connectivity index (χ1n) is 8.06. The number of rotatable bonds is 6. The average molecular weight is 312 g/mol. The van der Waals surface area contributed by atoms with Gasteiger partial charge in [-0.25, -0.2) is 0 Å². The first kappa shape index (κ1) is 16.6. The maximum atomic E-state index is 5.82. The highest BCUT2D eigenvalue weighted by Crippen LogP contribution is 2.30. The predicted octanol–water partition coefficient (Wildman–Crippen LogP) is 3.12. The van der Waals surface area contributed by atoms with E-state index in [1.165, 1.54) is 0 Å². The number of aromatic nitrogens is 3. The normalized spacial score (nSPS) is 24.3. The summed E-state index contributed by atoms with van der Waals surface area (Å²) in [4.78, 5) is 2.40. The van der Waals surface area contributed by atoms with Crippen LogP contribution < -0.4 is 4.90 Å². The van der Waals surface area contributed by atoms with Gasteiger partial charge in [0.2, 0.25) is 5.95 Å². The molecule has 0 amide bonds. The summed E-state index contributed by atoms with van der Waals surface area (Å²) in [5.74, 6) is 3.13. The Hall–Kier alpha value is -0.750. The molecule has 0 spiro atoms. The van der Waals surface area contributed by atoms with E-state index in [2.05, 4.69) is 47.4 Å². The molecule has 120 valence electrons. The van der Waals surface area contributed by atoms with Crippen molar-refractivity contribution in [1.82, 2.24) is 14.8 Å². The minimum Gasteiger partial charge on any atom is -0.371 e. The zero-order valence-electron chi connectivity index (χ0n) is 13.9. The summed E-state index contributed by atoms with van der Waals surface area (Å²) in [6.45, 7) is 13.5. The van der Waals surface area contributed by atoms with Crippen LogP contribution in [0.1, 0.15) is 53.0 Å². The summed E-state index contributed by atoms with van der Waals surface area (Å²) in [6, 6.07) is 0.485. The number of hydrogen-bond acceptors (Lipinski definition) is 5. The Morgan fingerprint density at radius 3 is 2.67 bits per heavy atom. The van der Waals surface area contributed by atoms with E-state index in [0.717, 1.165) is 37.0 Å². The van der Waals surface area contributed by atoms with Gasteiger partial charge in [0.15, 0.2) is 5.82 Å². The molecule has 1 aromatic heterocycles. The third-order valence-corrected chi connectivity index (χ3v) is 5.58. The molecule has 0 bridgehead atoms. The van der Waals surface area contributed by atoms with Crippen LogP contribution in [0.4, 0.5) is 5.95 Å². The van der Waals surface area contributed by atoms with Gasteiger partial charge in [0.1, 0.15) is 6.10 Å². The van der Waals surface area contributed by atoms with Gasteiger partial charge in [-0.2, -0.15) is 11.8 Å². The van der Waals surface area contributed by atoms with Gasteiger partial charge in [-0.1, -0.05) is 13.8 Å². The van der Waals surface area contributed by atoms with Gasteiger partial charge in [0, 0.05) is 36.7 Å². The molecule has 0 N–H and O–H groups in total. The summed E-state index contributed by atoms with van der Waals surface area (Å²) >= 11 is 2.04. The van der Waals surface area contributed by atoms with E-state index >= 15 is 0 Å². The number of nitrogens with zero attached hydrogens (tertiary/aromatic N) is 4. The number of anilines is 1. The second-order valence-corrected chi connectivity index (χ2v) is 6.95. The highest BCUT2D eigenvalue weighted by Gasteiger charge is 2.30. The molecule has 0 aromatic carbocycles. The Kier molecular flexibility index (Phi) is 5.93. The summed E-state index contributed by atoms with van der Waals surface area (Å²) in [5, 5.41) is 9.57. The van der Waals surface area contributed by atoms with Crippen molar-refractivity contribution >= 4 is 17.7 Å². The number of ether oxygens (including phenoxy) is 1. The van der Waals surface area contributed by atoms with Crippen LogP contribution in [0.5, 0.6) is 0 Å². The van der Waals surface area contributed by atoms with Crippen LogP contribution in [-0.2, 0) is 11.3 Å². The maximum Gasteiger partial charge on any atom is 0.227 e. The molecule has 0 radical (unpaired) electrons. The van der Waals surface area contributed by atoms with E-state index in [1.54, 1.807) is 0 Å². The van der Waals surface area contributed by atoms with Gasteiger partial charge in [-0.05, 0) is 27.2 Å². The van der Waals surface area contributed by atoms with Gasteiger partial charge in [-0.3, -0.25) is 4.57 Å². The van der Waals surface area contributed by atoms with Crippen molar-refractivity contribution in [2.75, 3.05) is 23.8 Å². The molecule has 1 fully saturated rings. The summed E-state index contributed by atoms with van der Waals surface area (Å²) in [5.41, 5.74) is 0. The molecule has 3 unspecified atom stereocenters. The Morgan fingerprint density at radius 2 is 2.05 bits per heavy atom. The molecule has 3 atom stereocenters. The largest absolute Gasteiger partial charge is 0.371 e. The Labute approximate surface area is 132 Å². The van der Waals surface area contributed by atoms with Gasteiger partial charge in [-0.15, -0.1) is 10.2 Å². The van der Waals surface area contributed by atoms with Crippen LogP contribution in [0.2, 0.25) is 0 Å². The lowest BCUT2D eigenvalue weighted by Crippen LogP contribution is -2.46. The molecule has 1 aliphatic heterocycles. The topological polar surface area (TPSA) is 43.2 Å². The first-order valence-corrected chi connectivity index (χ1v) is 9.11. The Bertz CT molecular complexity index is 451. The molecule has 1 aliphatic rings. The van der Waals surface area contributed by atoms with Crippen LogP contribution in [0.3, 0.4) is 0 Å². The predicted molar refractivity (Wildman–Crippen MR) is 89.1 cm³/mol. The first-order chi connectivity index (χ1) is 10.1. The van der Waals surface area contributed by atoms with Crippen molar-refractivity contribution in [3.8, 4) is 0 Å². The monoisotopic (exact) mass is 312 g/mol. The molecule has 2 rings (SSSR count). The van der Waals surface area contributed by atoms with Crippen molar-refractivity contribution < 1.29 is 4.74 Å². The fourth-order valence-corrected chi connectivity index (χ4v) is 3.95. The average Bonchev–Trinajstić information content (AvgIpc) is 2.91. The van der Waals surface area contributed by atoms with Crippen LogP contribution in [0.15, 0.2) is 0 Å². The van der Waals surface area contributed by atoms with Gasteiger partial charge in [0.25, 0.3) is 0 Å². The van der Waals surface area contributed by atoms with Crippen LogP contribution >= 0.6 is 11.8 Å². The zero-order valence-corrected chi connectivity index (χ0v) is 14.7. The highest BCUT2D eigenvalue weighted by molar-refractivity contribution is 8.00. The molecule has 2 heterocycles. The lowest BCUT2D eigenvalue weighted by Gasteiger charge is -2.38. The van der Waals surface area contributed by atoms with E-state index in [9.17, 15) is 0 Å². The van der Waals surface area contributed by atoms with Gasteiger partial charge >= 0.3 is 0 Å². The molecular formula is C15H28N4OS. The smallest absolute Gasteiger partial charge is 0.227 e. The van der Waals surface area contributed by atoms with Gasteiger partial charge < -0.3 is 9.64 Å². The highest BCUT2D eigenvalue weighted by atomic mass is 32.2. The second-order valence-electron chi connectivity index (χ2n) is 5.46. The fourth-order valence-electron chi connectivity index (χ4n) is 2.85. The second kappa shape index (κ2) is 7.49. The molecule has 21 heavy (non-hydrogen) atoms. The standard InChI is InChI=1S/C15H28N4OS/c1-6-13(20-8-3)14-16-17-15(18(14)7-2)19-9-10-21-12(5)11(19)4/h11-13H,6-10H2,1-5H3. The summed E-state index contributed by atoms with van der Waals surface area (Å²) in [6.07, 6.45) is 0.969. The van der Waals surface area contributed by atoms with Crippen LogP contribution in [0.25, 0.3) is 0 Å². The fraction of sp³-hybridized carbons (Fsp3) is 0.867. The molecule has 5 nitrogen and oxygen atoms in total. The van der Waals surface area contributed by atoms with Crippen molar-refractivity contribution in [2.45, 2.75) is 65.0 Å². The summed E-state index contributed by atoms with van der Waals surface area (Å²) < 4.78 is 8.05. The van der Waals surface area contributed by atoms with E-state index in [1.807, 2.05) is 18.7 Å². The minimum absolute atomic E-state index is 0.0445. The van der Waals surface area contributed by atoms with E-state index in [0.29, 0.717) is 17.9 Å². The van der Waals surface area contributed by atoms with E-state index < -0.39 is 0 Å². The minimum atomic E-state index is 0.0445. The third-order valence-electron chi connectivity index (χ3n) is 4.24. The van der Waals surface area contributed by atoms with E-state index in [-0.39, 0.29) is 6.10 Å². The van der Waals surface area contributed by atoms with Crippen molar-refractivity contribution in [1.29, 1.82) is 0 Å². The lowest BCUT2D eigenvalue weighted by molar-refractivity contribution is 0.0508. The van der Waals surface area contributed by atoms with Crippen LogP contribution in [0, 0.1) is 0 Å². The van der Waals surface area contributed by atoms with Gasteiger partial charge in [0.05, 0.1) is 0 Å². The lowest BCUT2D eigenvalue weighted by atomic mass is 10.2. The molecule has 0 saturated carbocycles. The SMILES string of the molecule is CCOC(CC)c1nnc(N2CCSC(C)C2C)n1CC. The molecular weight excluding hydrogens is 284 g/mol. The van der Waals surface area contributed by atoms with Crippen molar-refractivity contribution in [2.24, 2.45) is 0 Å². The van der Waals surface area contributed by atoms with Crippen molar-refractivity contribution in [3.05, 3.63) is 5.82 Å². The van der Waals surface area contributed by atoms with Crippen LogP contribution in [-0.4, -0.2) is 45.0 Å². The van der Waals surface area contributed by atoms with E-state index in [4.69, 9.17) is 4.74 Å². The molecule has 1 saturated heterocycles. The molecule has 6 heteroatoms. The van der Waals surface area contributed by atoms with Crippen molar-refractivity contribution in [3.63, 3.8) is 0 Å². The Morgan fingerprint density at radius 1 is 1.29 bits per heavy atom. The summed E-state index contributed by atoms with van der Waals surface area (Å²) in [7, 11) is 0. The number of hydrogen-bond donors (Lipinski definition) is 0. The third kappa shape index (κ3) is 3.37.